The minimum Gasteiger partial charge on any atom is -0.497 e. The maximum Gasteiger partial charge on any atom is 0.119 e. The first kappa shape index (κ1) is 14.6. The van der Waals surface area contributed by atoms with Crippen molar-refractivity contribution in [1.82, 2.24) is 14.9 Å². The second-order valence-electron chi connectivity index (χ2n) is 5.16. The predicted molar refractivity (Wildman–Crippen MR) is 81.0 cm³/mol. The molecule has 4 heteroatoms. The van der Waals surface area contributed by atoms with Crippen molar-refractivity contribution in [3.63, 3.8) is 0 Å². The molecule has 0 amide bonds. The summed E-state index contributed by atoms with van der Waals surface area (Å²) in [4.78, 5) is 4.21. The number of benzene rings is 1. The smallest absolute Gasteiger partial charge is 0.119 e. The number of nitrogens with zero attached hydrogens (tertiary/aromatic N) is 2. The molecular formula is C16H23N3O. The third kappa shape index (κ3) is 3.84. The van der Waals surface area contributed by atoms with Gasteiger partial charge in [-0.05, 0) is 44.5 Å². The van der Waals surface area contributed by atoms with Crippen LogP contribution in [0.3, 0.4) is 0 Å². The van der Waals surface area contributed by atoms with Crippen LogP contribution in [-0.4, -0.2) is 23.2 Å². The fourth-order valence-corrected chi connectivity index (χ4v) is 2.21. The van der Waals surface area contributed by atoms with Crippen LogP contribution in [0.2, 0.25) is 0 Å². The fourth-order valence-electron chi connectivity index (χ4n) is 2.21. The van der Waals surface area contributed by atoms with Crippen LogP contribution >= 0.6 is 0 Å². The first-order valence-corrected chi connectivity index (χ1v) is 7.05. The molecule has 0 aliphatic carbocycles. The van der Waals surface area contributed by atoms with Crippen LogP contribution in [0.5, 0.6) is 5.75 Å². The van der Waals surface area contributed by atoms with Crippen molar-refractivity contribution in [3.05, 3.63) is 48.0 Å². The van der Waals surface area contributed by atoms with Crippen molar-refractivity contribution in [1.29, 1.82) is 0 Å². The SMILES string of the molecule is COc1cccc(CCNCc2cncn2C(C)C)c1. The van der Waals surface area contributed by atoms with Crippen LogP contribution in [0.25, 0.3) is 0 Å². The molecule has 1 heterocycles. The highest BCUT2D eigenvalue weighted by atomic mass is 16.5. The molecule has 0 saturated heterocycles. The first-order valence-electron chi connectivity index (χ1n) is 7.05. The van der Waals surface area contributed by atoms with Gasteiger partial charge in [0, 0.05) is 18.8 Å². The summed E-state index contributed by atoms with van der Waals surface area (Å²) < 4.78 is 7.42. The van der Waals surface area contributed by atoms with E-state index in [2.05, 4.69) is 40.8 Å². The Labute approximate surface area is 120 Å². The monoisotopic (exact) mass is 273 g/mol. The molecule has 0 radical (unpaired) electrons. The average molecular weight is 273 g/mol. The van der Waals surface area contributed by atoms with Gasteiger partial charge in [-0.15, -0.1) is 0 Å². The van der Waals surface area contributed by atoms with Crippen molar-refractivity contribution >= 4 is 0 Å². The highest BCUT2D eigenvalue weighted by Gasteiger charge is 2.04. The van der Waals surface area contributed by atoms with E-state index in [0.29, 0.717) is 6.04 Å². The molecule has 2 aromatic rings. The van der Waals surface area contributed by atoms with E-state index >= 15 is 0 Å². The molecule has 0 unspecified atom stereocenters. The summed E-state index contributed by atoms with van der Waals surface area (Å²) in [5.41, 5.74) is 2.51. The van der Waals surface area contributed by atoms with Gasteiger partial charge in [-0.25, -0.2) is 4.98 Å². The first-order chi connectivity index (χ1) is 9.70. The van der Waals surface area contributed by atoms with Gasteiger partial charge in [0.2, 0.25) is 0 Å². The Morgan fingerprint density at radius 3 is 2.95 bits per heavy atom. The highest BCUT2D eigenvalue weighted by Crippen LogP contribution is 2.13. The quantitative estimate of drug-likeness (QED) is 0.788. The maximum absolute atomic E-state index is 5.23. The molecule has 0 spiro atoms. The van der Waals surface area contributed by atoms with E-state index in [1.807, 2.05) is 24.7 Å². The summed E-state index contributed by atoms with van der Waals surface area (Å²) in [6.07, 6.45) is 4.81. The Hall–Kier alpha value is -1.81. The molecule has 2 rings (SSSR count). The third-order valence-corrected chi connectivity index (χ3v) is 3.33. The van der Waals surface area contributed by atoms with E-state index in [4.69, 9.17) is 4.74 Å². The molecule has 1 aromatic heterocycles. The molecule has 0 aliphatic rings. The van der Waals surface area contributed by atoms with Gasteiger partial charge >= 0.3 is 0 Å². The second-order valence-corrected chi connectivity index (χ2v) is 5.16. The molecular weight excluding hydrogens is 250 g/mol. The van der Waals surface area contributed by atoms with Crippen molar-refractivity contribution < 1.29 is 4.74 Å². The predicted octanol–water partition coefficient (Wildman–Crippen LogP) is 2.80. The van der Waals surface area contributed by atoms with Crippen LogP contribution in [0.4, 0.5) is 0 Å². The fraction of sp³-hybridized carbons (Fsp3) is 0.438. The van der Waals surface area contributed by atoms with Crippen LogP contribution in [0.15, 0.2) is 36.8 Å². The molecule has 4 nitrogen and oxygen atoms in total. The summed E-state index contributed by atoms with van der Waals surface area (Å²) in [5, 5.41) is 3.47. The highest BCUT2D eigenvalue weighted by molar-refractivity contribution is 5.28. The van der Waals surface area contributed by atoms with Crippen molar-refractivity contribution in [3.8, 4) is 5.75 Å². The van der Waals surface area contributed by atoms with E-state index in [-0.39, 0.29) is 0 Å². The summed E-state index contributed by atoms with van der Waals surface area (Å²) >= 11 is 0. The number of rotatable bonds is 7. The average Bonchev–Trinajstić information content (AvgIpc) is 2.92. The number of nitrogens with one attached hydrogen (secondary N) is 1. The zero-order valence-corrected chi connectivity index (χ0v) is 12.5. The normalized spacial score (nSPS) is 11.0. The van der Waals surface area contributed by atoms with Crippen molar-refractivity contribution in [2.75, 3.05) is 13.7 Å². The van der Waals surface area contributed by atoms with E-state index in [9.17, 15) is 0 Å². The Balaban J connectivity index is 1.80. The summed E-state index contributed by atoms with van der Waals surface area (Å²) in [6.45, 7) is 6.13. The Kier molecular flexibility index (Phi) is 5.18. The number of hydrogen-bond acceptors (Lipinski definition) is 3. The van der Waals surface area contributed by atoms with E-state index in [1.165, 1.54) is 11.3 Å². The van der Waals surface area contributed by atoms with Gasteiger partial charge in [0.15, 0.2) is 0 Å². The molecule has 0 aliphatic heterocycles. The maximum atomic E-state index is 5.23. The Morgan fingerprint density at radius 2 is 2.20 bits per heavy atom. The minimum absolute atomic E-state index is 0.452. The van der Waals surface area contributed by atoms with Gasteiger partial charge in [0.1, 0.15) is 5.75 Å². The van der Waals surface area contributed by atoms with Crippen LogP contribution in [0.1, 0.15) is 31.1 Å². The van der Waals surface area contributed by atoms with Gasteiger partial charge in [0.05, 0.1) is 19.1 Å². The lowest BCUT2D eigenvalue weighted by atomic mass is 10.1. The molecule has 108 valence electrons. The van der Waals surface area contributed by atoms with Crippen molar-refractivity contribution in [2.45, 2.75) is 32.9 Å². The number of imidazole rings is 1. The summed E-state index contributed by atoms with van der Waals surface area (Å²) in [7, 11) is 1.70. The zero-order chi connectivity index (χ0) is 14.4. The molecule has 0 saturated carbocycles. The summed E-state index contributed by atoms with van der Waals surface area (Å²) in [6, 6.07) is 8.66. The number of aromatic nitrogens is 2. The molecule has 20 heavy (non-hydrogen) atoms. The topological polar surface area (TPSA) is 39.1 Å². The van der Waals surface area contributed by atoms with Crippen LogP contribution in [-0.2, 0) is 13.0 Å². The standard InChI is InChI=1S/C16H23N3O/c1-13(2)19-12-18-11-15(19)10-17-8-7-14-5-4-6-16(9-14)20-3/h4-6,9,11-13,17H,7-8,10H2,1-3H3. The largest absolute Gasteiger partial charge is 0.497 e. The minimum atomic E-state index is 0.452. The number of ether oxygens (including phenoxy) is 1. The third-order valence-electron chi connectivity index (χ3n) is 3.33. The van der Waals surface area contributed by atoms with Gasteiger partial charge in [-0.3, -0.25) is 0 Å². The lowest BCUT2D eigenvalue weighted by Gasteiger charge is -2.12. The van der Waals surface area contributed by atoms with Crippen molar-refractivity contribution in [2.24, 2.45) is 0 Å². The number of methoxy groups -OCH3 is 1. The molecule has 0 fully saturated rings. The van der Waals surface area contributed by atoms with Gasteiger partial charge in [0.25, 0.3) is 0 Å². The zero-order valence-electron chi connectivity index (χ0n) is 12.5. The summed E-state index contributed by atoms with van der Waals surface area (Å²) in [5.74, 6) is 0.917. The van der Waals surface area contributed by atoms with Gasteiger partial charge < -0.3 is 14.6 Å². The van der Waals surface area contributed by atoms with Crippen LogP contribution in [0, 0.1) is 0 Å². The molecule has 0 bridgehead atoms. The Bertz CT molecular complexity index is 534. The lowest BCUT2D eigenvalue weighted by Crippen LogP contribution is -2.19. The second kappa shape index (κ2) is 7.10. The van der Waals surface area contributed by atoms with Gasteiger partial charge in [-0.2, -0.15) is 0 Å². The van der Waals surface area contributed by atoms with Gasteiger partial charge in [-0.1, -0.05) is 12.1 Å². The van der Waals surface area contributed by atoms with Crippen LogP contribution < -0.4 is 10.1 Å². The molecule has 0 atom stereocenters. The van der Waals surface area contributed by atoms with E-state index in [0.717, 1.165) is 25.3 Å². The Morgan fingerprint density at radius 1 is 1.35 bits per heavy atom. The number of hydrogen-bond donors (Lipinski definition) is 1. The van der Waals surface area contributed by atoms with E-state index < -0.39 is 0 Å². The lowest BCUT2D eigenvalue weighted by molar-refractivity contribution is 0.414. The molecule has 1 aromatic carbocycles. The molecule has 1 N–H and O–H groups in total. The van der Waals surface area contributed by atoms with E-state index in [1.54, 1.807) is 7.11 Å².